The number of hydrogen-bond acceptors (Lipinski definition) is 4. The lowest BCUT2D eigenvalue weighted by Gasteiger charge is -2.05. The van der Waals surface area contributed by atoms with Gasteiger partial charge in [-0.25, -0.2) is 0 Å². The zero-order valence-corrected chi connectivity index (χ0v) is 13.9. The molecule has 0 spiro atoms. The summed E-state index contributed by atoms with van der Waals surface area (Å²) in [6, 6.07) is 18.1. The average molecular weight is 356 g/mol. The van der Waals surface area contributed by atoms with Gasteiger partial charge in [-0.1, -0.05) is 36.4 Å². The molecule has 0 saturated carbocycles. The molecule has 0 aliphatic heterocycles. The molecule has 2 aromatic carbocycles. The van der Waals surface area contributed by atoms with Crippen molar-refractivity contribution < 1.29 is 24.9 Å². The smallest absolute Gasteiger partial charge is 0.314 e. The van der Waals surface area contributed by atoms with Gasteiger partial charge in [-0.3, -0.25) is 9.59 Å². The Bertz CT molecular complexity index is 877. The van der Waals surface area contributed by atoms with Gasteiger partial charge in [0.15, 0.2) is 0 Å². The molecule has 0 aliphatic carbocycles. The fourth-order valence-electron chi connectivity index (χ4n) is 2.53. The van der Waals surface area contributed by atoms with E-state index in [9.17, 15) is 14.7 Å². The number of carbonyl (C=O) groups is 2. The number of aromatic nitrogens is 1. The molecule has 0 saturated heterocycles. The Hall–Kier alpha value is -3.16. The van der Waals surface area contributed by atoms with E-state index in [1.807, 2.05) is 54.7 Å². The van der Waals surface area contributed by atoms with Crippen LogP contribution in [0.4, 0.5) is 0 Å². The number of carboxylic acids is 2. The predicted molar refractivity (Wildman–Crippen MR) is 97.2 cm³/mol. The van der Waals surface area contributed by atoms with Crippen LogP contribution in [0.15, 0.2) is 60.8 Å². The highest BCUT2D eigenvalue weighted by Gasteiger charge is 2.14. The van der Waals surface area contributed by atoms with Gasteiger partial charge in [0.2, 0.25) is 0 Å². The first-order chi connectivity index (χ1) is 12.4. The van der Waals surface area contributed by atoms with Crippen molar-refractivity contribution in [2.24, 2.45) is 5.73 Å². The molecule has 1 heterocycles. The van der Waals surface area contributed by atoms with Crippen molar-refractivity contribution in [3.8, 4) is 5.69 Å². The maximum atomic E-state index is 10.0. The Morgan fingerprint density at radius 2 is 1.54 bits per heavy atom. The first-order valence-corrected chi connectivity index (χ1v) is 7.91. The predicted octanol–water partition coefficient (Wildman–Crippen LogP) is 2.17. The van der Waals surface area contributed by atoms with Gasteiger partial charge in [-0.2, -0.15) is 0 Å². The Morgan fingerprint density at radius 3 is 2.08 bits per heavy atom. The maximum Gasteiger partial charge on any atom is 0.314 e. The van der Waals surface area contributed by atoms with Gasteiger partial charge in [0.05, 0.1) is 11.6 Å². The normalized spacial score (nSPS) is 11.5. The van der Waals surface area contributed by atoms with Crippen LogP contribution in [-0.2, 0) is 9.59 Å². The fraction of sp³-hybridized carbons (Fsp3) is 0.158. The van der Waals surface area contributed by atoms with Gasteiger partial charge < -0.3 is 25.6 Å². The number of rotatable bonds is 5. The number of nitrogens with zero attached hydrogens (tertiary/aromatic N) is 1. The van der Waals surface area contributed by atoms with E-state index in [1.165, 1.54) is 0 Å². The number of benzene rings is 2. The monoisotopic (exact) mass is 356 g/mol. The zero-order valence-electron chi connectivity index (χ0n) is 13.9. The number of fused-ring (bicyclic) bond motifs is 1. The molecule has 0 radical (unpaired) electrons. The van der Waals surface area contributed by atoms with Gasteiger partial charge >= 0.3 is 11.9 Å². The van der Waals surface area contributed by atoms with E-state index in [2.05, 4.69) is 10.6 Å². The lowest BCUT2D eigenvalue weighted by molar-refractivity contribution is -0.147. The third-order valence-electron chi connectivity index (χ3n) is 3.66. The molecular weight excluding hydrogens is 336 g/mol. The number of aliphatic hydroxyl groups is 1. The van der Waals surface area contributed by atoms with E-state index in [0.717, 1.165) is 22.2 Å². The minimum Gasteiger partial charge on any atom is -0.481 e. The van der Waals surface area contributed by atoms with Gasteiger partial charge in [0.25, 0.3) is 0 Å². The van der Waals surface area contributed by atoms with E-state index < -0.39 is 24.5 Å². The molecule has 0 fully saturated rings. The van der Waals surface area contributed by atoms with Gasteiger partial charge in [0.1, 0.15) is 6.42 Å². The van der Waals surface area contributed by atoms with Crippen molar-refractivity contribution in [2.75, 3.05) is 6.54 Å². The minimum absolute atomic E-state index is 0.225. The molecule has 0 aliphatic rings. The summed E-state index contributed by atoms with van der Waals surface area (Å²) < 4.78 is 2.09. The molecule has 136 valence electrons. The van der Waals surface area contributed by atoms with Crippen molar-refractivity contribution in [3.63, 3.8) is 0 Å². The van der Waals surface area contributed by atoms with Crippen LogP contribution in [0.1, 0.15) is 18.1 Å². The van der Waals surface area contributed by atoms with Crippen molar-refractivity contribution in [1.29, 1.82) is 0 Å². The summed E-state index contributed by atoms with van der Waals surface area (Å²) in [6.45, 7) is 0.225. The third kappa shape index (κ3) is 4.69. The van der Waals surface area contributed by atoms with E-state index in [0.29, 0.717) is 0 Å². The maximum absolute atomic E-state index is 10.0. The number of carboxylic acid groups (broad SMARTS) is 2. The number of aliphatic carboxylic acids is 2. The van der Waals surface area contributed by atoms with Crippen LogP contribution >= 0.6 is 0 Å². The summed E-state index contributed by atoms with van der Waals surface area (Å²) in [5.74, 6) is -2.62. The molecule has 7 heteroatoms. The Labute approximate surface area is 149 Å². The summed E-state index contributed by atoms with van der Waals surface area (Å²) >= 11 is 0. The summed E-state index contributed by atoms with van der Waals surface area (Å²) in [5.41, 5.74) is 8.62. The van der Waals surface area contributed by atoms with E-state index >= 15 is 0 Å². The van der Waals surface area contributed by atoms with Gasteiger partial charge in [-0.05, 0) is 18.2 Å². The highest BCUT2D eigenvalue weighted by molar-refractivity contribution is 5.88. The fourth-order valence-corrected chi connectivity index (χ4v) is 2.53. The second-order valence-corrected chi connectivity index (χ2v) is 5.52. The second kappa shape index (κ2) is 8.80. The van der Waals surface area contributed by atoms with E-state index in [-0.39, 0.29) is 6.54 Å². The zero-order chi connectivity index (χ0) is 19.1. The molecule has 3 aromatic rings. The van der Waals surface area contributed by atoms with Crippen LogP contribution in [0, 0.1) is 0 Å². The number of aliphatic hydroxyl groups excluding tert-OH is 1. The van der Waals surface area contributed by atoms with E-state index in [1.54, 1.807) is 0 Å². The third-order valence-corrected chi connectivity index (χ3v) is 3.66. The van der Waals surface area contributed by atoms with Gasteiger partial charge in [0, 0.05) is 29.4 Å². The minimum atomic E-state index is -1.31. The second-order valence-electron chi connectivity index (χ2n) is 5.52. The quantitative estimate of drug-likeness (QED) is 0.519. The van der Waals surface area contributed by atoms with Crippen LogP contribution in [0.3, 0.4) is 0 Å². The lowest BCUT2D eigenvalue weighted by atomic mass is 10.1. The first kappa shape index (κ1) is 19.2. The molecule has 26 heavy (non-hydrogen) atoms. The molecule has 0 amide bonds. The molecule has 1 atom stereocenters. The molecule has 1 aromatic heterocycles. The van der Waals surface area contributed by atoms with Crippen molar-refractivity contribution in [3.05, 3.63) is 66.4 Å². The highest BCUT2D eigenvalue weighted by Crippen LogP contribution is 2.28. The van der Waals surface area contributed by atoms with Crippen LogP contribution < -0.4 is 5.73 Å². The molecule has 7 nitrogen and oxygen atoms in total. The molecule has 3 rings (SSSR count). The average Bonchev–Trinajstić information content (AvgIpc) is 3.01. The van der Waals surface area contributed by atoms with Crippen molar-refractivity contribution >= 4 is 22.8 Å². The molecule has 1 unspecified atom stereocenters. The molecular formula is C19H20N2O5. The van der Waals surface area contributed by atoms with Gasteiger partial charge in [-0.15, -0.1) is 0 Å². The lowest BCUT2D eigenvalue weighted by Crippen LogP contribution is -2.11. The molecule has 0 bridgehead atoms. The highest BCUT2D eigenvalue weighted by atomic mass is 16.4. The largest absolute Gasteiger partial charge is 0.481 e. The van der Waals surface area contributed by atoms with E-state index in [4.69, 9.17) is 15.9 Å². The van der Waals surface area contributed by atoms with Crippen LogP contribution in [-0.4, -0.2) is 38.4 Å². The van der Waals surface area contributed by atoms with Crippen LogP contribution in [0.2, 0.25) is 0 Å². The topological polar surface area (TPSA) is 126 Å². The number of nitrogens with two attached hydrogens (primary N) is 1. The summed E-state index contributed by atoms with van der Waals surface area (Å²) in [7, 11) is 0. The number of hydrogen-bond donors (Lipinski definition) is 4. The standard InChI is InChI=1S/C16H16N2O.C3H4O4/c17-10-16(19)14-11-18(12-6-2-1-3-7-12)15-9-5-4-8-13(14)15;4-2(5)1-3(6)7/h1-9,11,16,19H,10,17H2;1H2,(H,4,5)(H,6,7). The van der Waals surface area contributed by atoms with Crippen LogP contribution in [0.5, 0.6) is 0 Å². The number of para-hydroxylation sites is 2. The van der Waals surface area contributed by atoms with Crippen molar-refractivity contribution in [2.45, 2.75) is 12.5 Å². The first-order valence-electron chi connectivity index (χ1n) is 7.91. The SMILES string of the molecule is NCC(O)c1cn(-c2ccccc2)c2ccccc12.O=C(O)CC(=O)O. The van der Waals surface area contributed by atoms with Crippen LogP contribution in [0.25, 0.3) is 16.6 Å². The Kier molecular flexibility index (Phi) is 6.48. The Morgan fingerprint density at radius 1 is 0.962 bits per heavy atom. The Balaban J connectivity index is 0.000000298. The molecule has 5 N–H and O–H groups in total. The summed E-state index contributed by atoms with van der Waals surface area (Å²) in [5, 5.41) is 26.5. The summed E-state index contributed by atoms with van der Waals surface area (Å²) in [4.78, 5) is 18.9. The summed E-state index contributed by atoms with van der Waals surface area (Å²) in [6.07, 6.45) is 0.534. The van der Waals surface area contributed by atoms with Crippen molar-refractivity contribution in [1.82, 2.24) is 4.57 Å².